The van der Waals surface area contributed by atoms with Crippen LogP contribution in [0, 0.1) is 5.92 Å². The molecular weight excluding hydrogens is 258 g/mol. The Morgan fingerprint density at radius 3 is 3.13 bits per heavy atom. The molecule has 3 nitrogen and oxygen atoms in total. The summed E-state index contributed by atoms with van der Waals surface area (Å²) >= 11 is 3.37. The van der Waals surface area contributed by atoms with Gasteiger partial charge >= 0.3 is 0 Å². The van der Waals surface area contributed by atoms with Crippen LogP contribution in [0.2, 0.25) is 0 Å². The molecule has 0 saturated carbocycles. The maximum absolute atomic E-state index is 11.5. The van der Waals surface area contributed by atoms with Crippen molar-refractivity contribution in [1.29, 1.82) is 0 Å². The van der Waals surface area contributed by atoms with Gasteiger partial charge in [-0.1, -0.05) is 0 Å². The molecular formula is C11H14BrNO2. The highest BCUT2D eigenvalue weighted by molar-refractivity contribution is 9.10. The van der Waals surface area contributed by atoms with Gasteiger partial charge in [-0.05, 0) is 40.8 Å². The molecule has 0 N–H and O–H groups in total. The Morgan fingerprint density at radius 2 is 2.40 bits per heavy atom. The minimum atomic E-state index is 0.0668. The maximum Gasteiger partial charge on any atom is 0.250 e. The van der Waals surface area contributed by atoms with Crippen molar-refractivity contribution in [3.8, 4) is 0 Å². The number of hydrogen-bond acceptors (Lipinski definition) is 2. The Hall–Kier alpha value is -0.610. The van der Waals surface area contributed by atoms with E-state index < -0.39 is 0 Å². The fraction of sp³-hybridized carbons (Fsp3) is 0.545. The van der Waals surface area contributed by atoms with Gasteiger partial charge in [0, 0.05) is 36.5 Å². The van der Waals surface area contributed by atoms with E-state index in [9.17, 15) is 4.79 Å². The predicted octanol–water partition coefficient (Wildman–Crippen LogP) is 2.04. The number of aryl methyl sites for hydroxylation is 1. The van der Waals surface area contributed by atoms with Crippen molar-refractivity contribution in [2.75, 3.05) is 13.2 Å². The average molecular weight is 272 g/mol. The Labute approximate surface area is 97.2 Å². The lowest BCUT2D eigenvalue weighted by molar-refractivity contribution is 0.183. The molecule has 4 heteroatoms. The molecule has 82 valence electrons. The summed E-state index contributed by atoms with van der Waals surface area (Å²) in [7, 11) is 0. The highest BCUT2D eigenvalue weighted by atomic mass is 79.9. The van der Waals surface area contributed by atoms with Crippen molar-refractivity contribution in [3.63, 3.8) is 0 Å². The van der Waals surface area contributed by atoms with Gasteiger partial charge in [-0.3, -0.25) is 4.79 Å². The Kier molecular flexibility index (Phi) is 3.59. The molecule has 0 spiro atoms. The third-order valence-electron chi connectivity index (χ3n) is 2.75. The van der Waals surface area contributed by atoms with E-state index in [1.165, 1.54) is 0 Å². The van der Waals surface area contributed by atoms with E-state index in [1.807, 2.05) is 6.20 Å². The van der Waals surface area contributed by atoms with E-state index >= 15 is 0 Å². The molecule has 1 aliphatic heterocycles. The molecule has 1 saturated heterocycles. The summed E-state index contributed by atoms with van der Waals surface area (Å²) in [5.41, 5.74) is 0.0668. The summed E-state index contributed by atoms with van der Waals surface area (Å²) in [6, 6.07) is 3.37. The molecule has 0 amide bonds. The molecule has 2 heterocycles. The smallest absolute Gasteiger partial charge is 0.250 e. The molecule has 1 unspecified atom stereocenters. The first-order valence-electron chi connectivity index (χ1n) is 5.19. The van der Waals surface area contributed by atoms with Gasteiger partial charge < -0.3 is 9.30 Å². The van der Waals surface area contributed by atoms with E-state index in [1.54, 1.807) is 16.7 Å². The monoisotopic (exact) mass is 271 g/mol. The summed E-state index contributed by atoms with van der Waals surface area (Å²) in [6.07, 6.45) is 4.00. The lowest BCUT2D eigenvalue weighted by atomic mass is 10.1. The first-order chi connectivity index (χ1) is 7.25. The number of nitrogens with zero attached hydrogens (tertiary/aromatic N) is 1. The van der Waals surface area contributed by atoms with Gasteiger partial charge in [0.2, 0.25) is 0 Å². The second-order valence-corrected chi connectivity index (χ2v) is 4.81. The Morgan fingerprint density at radius 1 is 1.53 bits per heavy atom. The third-order valence-corrected chi connectivity index (χ3v) is 3.22. The van der Waals surface area contributed by atoms with Crippen LogP contribution in [0.5, 0.6) is 0 Å². The zero-order valence-corrected chi connectivity index (χ0v) is 10.1. The van der Waals surface area contributed by atoms with E-state index in [2.05, 4.69) is 15.9 Å². The minimum Gasteiger partial charge on any atom is -0.381 e. The lowest BCUT2D eigenvalue weighted by Gasteiger charge is -2.09. The number of pyridine rings is 1. The number of halogens is 1. The second kappa shape index (κ2) is 4.94. The van der Waals surface area contributed by atoms with Crippen LogP contribution in [-0.2, 0) is 11.3 Å². The number of ether oxygens (including phenoxy) is 1. The first-order valence-corrected chi connectivity index (χ1v) is 5.99. The molecule has 0 bridgehead atoms. The van der Waals surface area contributed by atoms with Crippen molar-refractivity contribution in [1.82, 2.24) is 4.57 Å². The molecule has 1 aliphatic rings. The second-order valence-electron chi connectivity index (χ2n) is 3.90. The van der Waals surface area contributed by atoms with Gasteiger partial charge in [0.25, 0.3) is 5.56 Å². The van der Waals surface area contributed by atoms with Crippen molar-refractivity contribution < 1.29 is 4.74 Å². The van der Waals surface area contributed by atoms with Gasteiger partial charge in [-0.2, -0.15) is 0 Å². The van der Waals surface area contributed by atoms with Crippen LogP contribution in [0.3, 0.4) is 0 Å². The molecule has 15 heavy (non-hydrogen) atoms. The van der Waals surface area contributed by atoms with Crippen LogP contribution in [0.25, 0.3) is 0 Å². The summed E-state index contributed by atoms with van der Waals surface area (Å²) in [4.78, 5) is 11.5. The van der Waals surface area contributed by atoms with Crippen molar-refractivity contribution >= 4 is 15.9 Å². The maximum atomic E-state index is 11.5. The van der Waals surface area contributed by atoms with E-state index in [-0.39, 0.29) is 5.56 Å². The Bertz CT molecular complexity index is 382. The van der Waals surface area contributed by atoms with Gasteiger partial charge in [0.05, 0.1) is 0 Å². The molecule has 0 aliphatic carbocycles. The SMILES string of the molecule is O=c1ccc(Br)cn1CCC1CCOC1. The lowest BCUT2D eigenvalue weighted by Crippen LogP contribution is -2.19. The number of aromatic nitrogens is 1. The van der Waals surface area contributed by atoms with E-state index in [0.717, 1.165) is 37.1 Å². The summed E-state index contributed by atoms with van der Waals surface area (Å²) in [6.45, 7) is 2.51. The zero-order chi connectivity index (χ0) is 10.7. The molecule has 0 radical (unpaired) electrons. The standard InChI is InChI=1S/C11H14BrNO2/c12-10-1-2-11(14)13(7-10)5-3-9-4-6-15-8-9/h1-2,7,9H,3-6,8H2. The third kappa shape index (κ3) is 2.92. The molecule has 1 aromatic rings. The van der Waals surface area contributed by atoms with Gasteiger partial charge in [-0.25, -0.2) is 0 Å². The number of hydrogen-bond donors (Lipinski definition) is 0. The van der Waals surface area contributed by atoms with Crippen LogP contribution in [-0.4, -0.2) is 17.8 Å². The predicted molar refractivity (Wildman–Crippen MR) is 61.9 cm³/mol. The molecule has 1 fully saturated rings. The molecule has 2 rings (SSSR count). The molecule has 1 aromatic heterocycles. The average Bonchev–Trinajstić information content (AvgIpc) is 2.72. The van der Waals surface area contributed by atoms with Gasteiger partial charge in [0.15, 0.2) is 0 Å². The summed E-state index contributed by atoms with van der Waals surface area (Å²) in [5.74, 6) is 0.621. The van der Waals surface area contributed by atoms with Crippen LogP contribution >= 0.6 is 15.9 Å². The molecule has 0 aromatic carbocycles. The van der Waals surface area contributed by atoms with E-state index in [4.69, 9.17) is 4.74 Å². The topological polar surface area (TPSA) is 31.2 Å². The highest BCUT2D eigenvalue weighted by Crippen LogP contribution is 2.17. The number of rotatable bonds is 3. The normalized spacial score (nSPS) is 20.7. The van der Waals surface area contributed by atoms with Crippen molar-refractivity contribution in [3.05, 3.63) is 33.2 Å². The quantitative estimate of drug-likeness (QED) is 0.843. The summed E-state index contributed by atoms with van der Waals surface area (Å²) in [5, 5.41) is 0. The van der Waals surface area contributed by atoms with Crippen LogP contribution in [0.1, 0.15) is 12.8 Å². The fourth-order valence-corrected chi connectivity index (χ4v) is 2.19. The zero-order valence-electron chi connectivity index (χ0n) is 8.49. The summed E-state index contributed by atoms with van der Waals surface area (Å²) < 4.78 is 8.00. The first kappa shape index (κ1) is 10.9. The molecule has 1 atom stereocenters. The fourth-order valence-electron chi connectivity index (χ4n) is 1.81. The largest absolute Gasteiger partial charge is 0.381 e. The van der Waals surface area contributed by atoms with Crippen LogP contribution < -0.4 is 5.56 Å². The van der Waals surface area contributed by atoms with Crippen LogP contribution in [0.4, 0.5) is 0 Å². The highest BCUT2D eigenvalue weighted by Gasteiger charge is 2.15. The van der Waals surface area contributed by atoms with Crippen molar-refractivity contribution in [2.24, 2.45) is 5.92 Å². The Balaban J connectivity index is 1.97. The van der Waals surface area contributed by atoms with Crippen molar-refractivity contribution in [2.45, 2.75) is 19.4 Å². The van der Waals surface area contributed by atoms with Crippen LogP contribution in [0.15, 0.2) is 27.6 Å². The van der Waals surface area contributed by atoms with Gasteiger partial charge in [-0.15, -0.1) is 0 Å². The minimum absolute atomic E-state index is 0.0668. The van der Waals surface area contributed by atoms with Gasteiger partial charge in [0.1, 0.15) is 0 Å². The van der Waals surface area contributed by atoms with E-state index in [0.29, 0.717) is 5.92 Å².